The van der Waals surface area contributed by atoms with Crippen molar-refractivity contribution in [3.63, 3.8) is 0 Å². The largest absolute Gasteiger partial charge is 0.308 e. The van der Waals surface area contributed by atoms with E-state index in [0.29, 0.717) is 11.1 Å². The highest BCUT2D eigenvalue weighted by Gasteiger charge is 2.03. The Kier molecular flexibility index (Phi) is 4.83. The van der Waals surface area contributed by atoms with Gasteiger partial charge in [0.25, 0.3) is 0 Å². The predicted octanol–water partition coefficient (Wildman–Crippen LogP) is 4.14. The number of rotatable bonds is 4. The zero-order valence-electron chi connectivity index (χ0n) is 10.7. The van der Waals surface area contributed by atoms with Crippen molar-refractivity contribution in [1.82, 2.24) is 0 Å². The van der Waals surface area contributed by atoms with Gasteiger partial charge in [-0.05, 0) is 31.1 Å². The number of nitrogens with one attached hydrogen (secondary N) is 1. The van der Waals surface area contributed by atoms with E-state index in [2.05, 4.69) is 12.6 Å². The summed E-state index contributed by atoms with van der Waals surface area (Å²) >= 11 is 0. The molecule has 2 nitrogen and oxygen atoms in total. The summed E-state index contributed by atoms with van der Waals surface area (Å²) in [5.41, 5.74) is 3.90. The van der Waals surface area contributed by atoms with E-state index < -0.39 is 0 Å². The van der Waals surface area contributed by atoms with Crippen molar-refractivity contribution in [2.75, 3.05) is 0 Å². The molecular formula is C16H16N2. The minimum Gasteiger partial charge on any atom is -0.308 e. The highest BCUT2D eigenvalue weighted by atomic mass is 14.3. The second-order valence-electron chi connectivity index (χ2n) is 4.04. The first kappa shape index (κ1) is 13.7. The molecule has 1 aromatic carbocycles. The first-order chi connectivity index (χ1) is 8.60. The van der Waals surface area contributed by atoms with Gasteiger partial charge in [0.15, 0.2) is 0 Å². The Hall–Kier alpha value is -2.40. The van der Waals surface area contributed by atoms with Gasteiger partial charge in [0, 0.05) is 11.8 Å². The summed E-state index contributed by atoms with van der Waals surface area (Å²) in [5, 5.41) is 16.6. The van der Waals surface area contributed by atoms with Crippen molar-refractivity contribution in [2.45, 2.75) is 13.8 Å². The van der Waals surface area contributed by atoms with Crippen LogP contribution in [0.1, 0.15) is 19.4 Å². The van der Waals surface area contributed by atoms with Gasteiger partial charge >= 0.3 is 0 Å². The van der Waals surface area contributed by atoms with Crippen molar-refractivity contribution in [3.8, 4) is 6.07 Å². The average Bonchev–Trinajstić information content (AvgIpc) is 2.40. The molecule has 1 aromatic rings. The molecule has 1 rings (SSSR count). The third kappa shape index (κ3) is 3.29. The summed E-state index contributed by atoms with van der Waals surface area (Å²) in [4.78, 5) is 0. The standard InChI is InChI=1S/C16H16N2/c1-12(2)13(3)15(10-17)9-16(11-18)14-7-5-4-6-8-14/h4-9,11,18H,1H2,2-3H3/b15-13+,16-9+,18-11?. The molecule has 0 aliphatic carbocycles. The van der Waals surface area contributed by atoms with Crippen LogP contribution in [-0.2, 0) is 0 Å². The van der Waals surface area contributed by atoms with Crippen LogP contribution < -0.4 is 0 Å². The minimum absolute atomic E-state index is 0.546. The number of nitrogens with zero attached hydrogens (tertiary/aromatic N) is 1. The van der Waals surface area contributed by atoms with Crippen LogP contribution in [0.15, 0.2) is 59.7 Å². The highest BCUT2D eigenvalue weighted by molar-refractivity contribution is 6.09. The van der Waals surface area contributed by atoms with Gasteiger partial charge in [-0.1, -0.05) is 42.5 Å². The molecular weight excluding hydrogens is 220 g/mol. The van der Waals surface area contributed by atoms with E-state index in [4.69, 9.17) is 10.7 Å². The maximum absolute atomic E-state index is 9.17. The maximum Gasteiger partial charge on any atom is 0.0994 e. The zero-order chi connectivity index (χ0) is 13.5. The van der Waals surface area contributed by atoms with Gasteiger partial charge in [-0.3, -0.25) is 0 Å². The summed E-state index contributed by atoms with van der Waals surface area (Å²) in [5.74, 6) is 0. The van der Waals surface area contributed by atoms with E-state index in [0.717, 1.165) is 16.7 Å². The molecule has 1 N–H and O–H groups in total. The molecule has 0 fully saturated rings. The molecule has 0 aliphatic heterocycles. The number of hydrogen-bond donors (Lipinski definition) is 1. The minimum atomic E-state index is 0.546. The molecule has 90 valence electrons. The van der Waals surface area contributed by atoms with E-state index in [1.165, 1.54) is 6.21 Å². The van der Waals surface area contributed by atoms with Gasteiger partial charge in [0.2, 0.25) is 0 Å². The van der Waals surface area contributed by atoms with Crippen LogP contribution in [0, 0.1) is 16.7 Å². The summed E-state index contributed by atoms with van der Waals surface area (Å²) in [6.45, 7) is 7.57. The first-order valence-electron chi connectivity index (χ1n) is 5.64. The molecule has 0 atom stereocenters. The molecule has 0 aromatic heterocycles. The van der Waals surface area contributed by atoms with Crippen molar-refractivity contribution in [1.29, 1.82) is 10.7 Å². The fourth-order valence-corrected chi connectivity index (χ4v) is 1.45. The lowest BCUT2D eigenvalue weighted by Gasteiger charge is -2.04. The van der Waals surface area contributed by atoms with Gasteiger partial charge in [-0.15, -0.1) is 0 Å². The quantitative estimate of drug-likeness (QED) is 0.477. The van der Waals surface area contributed by atoms with Crippen LogP contribution in [0.5, 0.6) is 0 Å². The van der Waals surface area contributed by atoms with Crippen molar-refractivity contribution < 1.29 is 0 Å². The molecule has 0 aliphatic rings. The van der Waals surface area contributed by atoms with Gasteiger partial charge < -0.3 is 5.41 Å². The normalized spacial score (nSPS) is 12.4. The van der Waals surface area contributed by atoms with Gasteiger partial charge in [-0.25, -0.2) is 0 Å². The van der Waals surface area contributed by atoms with Gasteiger partial charge in [0.05, 0.1) is 11.6 Å². The molecule has 0 radical (unpaired) electrons. The van der Waals surface area contributed by atoms with Crippen LogP contribution >= 0.6 is 0 Å². The van der Waals surface area contributed by atoms with E-state index in [1.54, 1.807) is 6.08 Å². The number of hydrogen-bond acceptors (Lipinski definition) is 2. The molecule has 0 unspecified atom stereocenters. The summed E-state index contributed by atoms with van der Waals surface area (Å²) < 4.78 is 0. The summed E-state index contributed by atoms with van der Waals surface area (Å²) in [7, 11) is 0. The van der Waals surface area contributed by atoms with Crippen molar-refractivity contribution >= 4 is 11.8 Å². The Balaban J connectivity index is 3.29. The first-order valence-corrected chi connectivity index (χ1v) is 5.64. The third-order valence-corrected chi connectivity index (χ3v) is 2.73. The molecule has 18 heavy (non-hydrogen) atoms. The maximum atomic E-state index is 9.17. The molecule has 2 heteroatoms. The molecule has 0 amide bonds. The average molecular weight is 236 g/mol. The van der Waals surface area contributed by atoms with Crippen molar-refractivity contribution in [2.24, 2.45) is 0 Å². The topological polar surface area (TPSA) is 47.6 Å². The summed E-state index contributed by atoms with van der Waals surface area (Å²) in [6.07, 6.45) is 2.99. The molecule has 0 bridgehead atoms. The smallest absolute Gasteiger partial charge is 0.0994 e. The molecule has 0 saturated carbocycles. The highest BCUT2D eigenvalue weighted by Crippen LogP contribution is 2.18. The summed E-state index contributed by atoms with van der Waals surface area (Å²) in [6, 6.07) is 11.7. The Morgan fingerprint density at radius 2 is 1.89 bits per heavy atom. The SMILES string of the molecule is C=C(C)/C(C)=C(C#N)\C=C(/C=N)c1ccccc1. The van der Waals surface area contributed by atoms with E-state index in [-0.39, 0.29) is 0 Å². The zero-order valence-corrected chi connectivity index (χ0v) is 10.7. The van der Waals surface area contributed by atoms with E-state index >= 15 is 0 Å². The van der Waals surface area contributed by atoms with Gasteiger partial charge in [-0.2, -0.15) is 5.26 Å². The Bertz CT molecular complexity index is 555. The monoisotopic (exact) mass is 236 g/mol. The second-order valence-corrected chi connectivity index (χ2v) is 4.04. The number of nitriles is 1. The van der Waals surface area contributed by atoms with Gasteiger partial charge in [0.1, 0.15) is 0 Å². The fraction of sp³-hybridized carbons (Fsp3) is 0.125. The third-order valence-electron chi connectivity index (χ3n) is 2.73. The van der Waals surface area contributed by atoms with Crippen LogP contribution in [0.2, 0.25) is 0 Å². The number of benzene rings is 1. The Morgan fingerprint density at radius 3 is 2.33 bits per heavy atom. The lowest BCUT2D eigenvalue weighted by molar-refractivity contribution is 1.32. The van der Waals surface area contributed by atoms with E-state index in [9.17, 15) is 0 Å². The van der Waals surface area contributed by atoms with E-state index in [1.807, 2.05) is 44.2 Å². The Labute approximate surface area is 108 Å². The fourth-order valence-electron chi connectivity index (χ4n) is 1.45. The predicted molar refractivity (Wildman–Crippen MR) is 76.3 cm³/mol. The number of allylic oxidation sites excluding steroid dienone is 5. The van der Waals surface area contributed by atoms with Crippen LogP contribution in [-0.4, -0.2) is 6.21 Å². The Morgan fingerprint density at radius 1 is 1.28 bits per heavy atom. The molecule has 0 saturated heterocycles. The molecule has 0 heterocycles. The lowest BCUT2D eigenvalue weighted by Crippen LogP contribution is -1.89. The van der Waals surface area contributed by atoms with Crippen LogP contribution in [0.25, 0.3) is 5.57 Å². The van der Waals surface area contributed by atoms with Crippen molar-refractivity contribution in [3.05, 3.63) is 65.3 Å². The lowest BCUT2D eigenvalue weighted by atomic mass is 9.99. The van der Waals surface area contributed by atoms with Crippen LogP contribution in [0.4, 0.5) is 0 Å². The molecule has 0 spiro atoms. The second kappa shape index (κ2) is 6.36. The van der Waals surface area contributed by atoms with Crippen LogP contribution in [0.3, 0.4) is 0 Å².